The maximum atomic E-state index is 14.2. The van der Waals surface area contributed by atoms with Crippen LogP contribution in [0.25, 0.3) is 0 Å². The van der Waals surface area contributed by atoms with Crippen LogP contribution in [0.2, 0.25) is 5.02 Å². The van der Waals surface area contributed by atoms with Crippen LogP contribution < -0.4 is 10.6 Å². The van der Waals surface area contributed by atoms with Crippen molar-refractivity contribution in [1.82, 2.24) is 10.2 Å². The molecule has 42 heavy (non-hydrogen) atoms. The van der Waals surface area contributed by atoms with E-state index >= 15 is 0 Å². The Morgan fingerprint density at radius 3 is 2.24 bits per heavy atom. The summed E-state index contributed by atoms with van der Waals surface area (Å²) in [6.45, 7) is 13.6. The smallest absolute Gasteiger partial charge is 0.408 e. The van der Waals surface area contributed by atoms with Crippen molar-refractivity contribution in [3.8, 4) is 0 Å². The molecule has 0 radical (unpaired) electrons. The van der Waals surface area contributed by atoms with Gasteiger partial charge in [-0.3, -0.25) is 9.59 Å². The van der Waals surface area contributed by atoms with E-state index in [2.05, 4.69) is 30.2 Å². The number of nitrogens with zero attached hydrogens (tertiary/aromatic N) is 1. The molecule has 2 rings (SSSR count). The number of thiol groups is 1. The van der Waals surface area contributed by atoms with Crippen molar-refractivity contribution in [3.63, 3.8) is 0 Å². The maximum Gasteiger partial charge on any atom is 0.408 e. The number of halogens is 1. The van der Waals surface area contributed by atoms with Crippen molar-refractivity contribution in [3.05, 3.63) is 63.7 Å². The van der Waals surface area contributed by atoms with Gasteiger partial charge in [0, 0.05) is 12.3 Å². The predicted molar refractivity (Wildman–Crippen MR) is 176 cm³/mol. The summed E-state index contributed by atoms with van der Waals surface area (Å²) in [6.07, 6.45) is 5.38. The molecule has 0 fully saturated rings. The molecule has 232 valence electrons. The van der Waals surface area contributed by atoms with Crippen molar-refractivity contribution >= 4 is 47.8 Å². The molecule has 9 heteroatoms. The van der Waals surface area contributed by atoms with E-state index in [9.17, 15) is 14.4 Å². The van der Waals surface area contributed by atoms with Crippen LogP contribution in [-0.4, -0.2) is 46.7 Å². The fraction of sp³-hybridized carbons (Fsp3) is 0.545. The molecule has 3 amide bonds. The summed E-state index contributed by atoms with van der Waals surface area (Å²) >= 11 is 10.9. The van der Waals surface area contributed by atoms with E-state index in [1.807, 2.05) is 51.1 Å². The number of nitrogens with one attached hydrogen (secondary N) is 2. The first-order valence-electron chi connectivity index (χ1n) is 14.8. The molecule has 0 spiro atoms. The van der Waals surface area contributed by atoms with E-state index in [4.69, 9.17) is 16.3 Å². The molecule has 0 aromatic heterocycles. The summed E-state index contributed by atoms with van der Waals surface area (Å²) in [7, 11) is 0. The molecule has 0 aliphatic heterocycles. The van der Waals surface area contributed by atoms with Gasteiger partial charge in [0.2, 0.25) is 5.91 Å². The van der Waals surface area contributed by atoms with Gasteiger partial charge in [-0.1, -0.05) is 86.5 Å². The van der Waals surface area contributed by atoms with Crippen LogP contribution in [-0.2, 0) is 14.3 Å². The van der Waals surface area contributed by atoms with E-state index in [0.29, 0.717) is 29.2 Å². The summed E-state index contributed by atoms with van der Waals surface area (Å²) < 4.78 is 5.42. The number of rotatable bonds is 14. The van der Waals surface area contributed by atoms with Crippen molar-refractivity contribution in [1.29, 1.82) is 0 Å². The van der Waals surface area contributed by atoms with E-state index in [0.717, 1.165) is 48.8 Å². The molecule has 2 aromatic rings. The Bertz CT molecular complexity index is 1190. The molecular formula is C33H48ClN3O4S. The van der Waals surface area contributed by atoms with Gasteiger partial charge in [-0.05, 0) is 70.7 Å². The van der Waals surface area contributed by atoms with Crippen LogP contribution >= 0.6 is 24.2 Å². The van der Waals surface area contributed by atoms with Gasteiger partial charge in [0.15, 0.2) is 0 Å². The van der Waals surface area contributed by atoms with Gasteiger partial charge in [0.25, 0.3) is 5.91 Å². The SMILES string of the molecule is CCCCCCCCN(C(=O)C(CS)NC(=O)OC(C)(C)C)C(C(=O)Nc1c(C)cccc1Cl)c1ccc(C)cc1C. The molecule has 2 atom stereocenters. The molecule has 0 saturated heterocycles. The first kappa shape index (κ1) is 35.5. The molecule has 0 bridgehead atoms. The lowest BCUT2D eigenvalue weighted by molar-refractivity contribution is -0.140. The normalized spacial score (nSPS) is 12.8. The number of anilines is 1. The van der Waals surface area contributed by atoms with E-state index < -0.39 is 29.7 Å². The van der Waals surface area contributed by atoms with Gasteiger partial charge in [-0.25, -0.2) is 4.79 Å². The third kappa shape index (κ3) is 10.8. The van der Waals surface area contributed by atoms with E-state index in [-0.39, 0.29) is 11.7 Å². The molecule has 2 N–H and O–H groups in total. The Morgan fingerprint density at radius 1 is 0.976 bits per heavy atom. The number of ether oxygens (including phenoxy) is 1. The van der Waals surface area contributed by atoms with Crippen molar-refractivity contribution < 1.29 is 19.1 Å². The highest BCUT2D eigenvalue weighted by Gasteiger charge is 2.36. The largest absolute Gasteiger partial charge is 0.444 e. The van der Waals surface area contributed by atoms with Gasteiger partial charge in [-0.15, -0.1) is 0 Å². The Balaban J connectivity index is 2.54. The minimum atomic E-state index is -0.994. The third-order valence-electron chi connectivity index (χ3n) is 6.96. The highest BCUT2D eigenvalue weighted by Crippen LogP contribution is 2.31. The quantitative estimate of drug-likeness (QED) is 0.148. The maximum absolute atomic E-state index is 14.2. The number of hydrogen-bond donors (Lipinski definition) is 3. The summed E-state index contributed by atoms with van der Waals surface area (Å²) in [6, 6.07) is 9.28. The van der Waals surface area contributed by atoms with Gasteiger partial charge in [-0.2, -0.15) is 12.6 Å². The van der Waals surface area contributed by atoms with Gasteiger partial charge < -0.3 is 20.3 Å². The number of aryl methyl sites for hydroxylation is 3. The van der Waals surface area contributed by atoms with E-state index in [1.54, 1.807) is 31.7 Å². The zero-order valence-electron chi connectivity index (χ0n) is 26.2. The lowest BCUT2D eigenvalue weighted by Crippen LogP contribution is -2.53. The molecule has 7 nitrogen and oxygen atoms in total. The molecular weight excluding hydrogens is 570 g/mol. The Morgan fingerprint density at radius 2 is 1.64 bits per heavy atom. The van der Waals surface area contributed by atoms with Crippen LogP contribution in [0.4, 0.5) is 10.5 Å². The average molecular weight is 618 g/mol. The van der Waals surface area contributed by atoms with Gasteiger partial charge >= 0.3 is 6.09 Å². The van der Waals surface area contributed by atoms with Crippen molar-refractivity contribution in [2.45, 2.75) is 105 Å². The summed E-state index contributed by atoms with van der Waals surface area (Å²) in [5.41, 5.74) is 3.21. The Hall–Kier alpha value is -2.71. The van der Waals surface area contributed by atoms with Crippen molar-refractivity contribution in [2.24, 2.45) is 0 Å². The fourth-order valence-corrected chi connectivity index (χ4v) is 5.35. The van der Waals surface area contributed by atoms with Crippen LogP contribution in [0.1, 0.15) is 94.5 Å². The molecule has 0 heterocycles. The standard InChI is InChI=1S/C33H48ClN3O4S/c1-8-9-10-11-12-13-19-37(31(39)27(21-42)35-32(40)41-33(5,6)7)29(25-18-17-22(2)20-24(25)4)30(38)36-28-23(3)15-14-16-26(28)34/h14-18,20,27,29,42H,8-13,19,21H2,1-7H3,(H,35,40)(H,36,38). The van der Waals surface area contributed by atoms with Crippen LogP contribution in [0.15, 0.2) is 36.4 Å². The number of alkyl carbamates (subject to hydrolysis) is 1. The zero-order valence-corrected chi connectivity index (χ0v) is 27.8. The number of benzene rings is 2. The predicted octanol–water partition coefficient (Wildman–Crippen LogP) is 7.96. The molecule has 2 aromatic carbocycles. The number of hydrogen-bond acceptors (Lipinski definition) is 5. The summed E-state index contributed by atoms with van der Waals surface area (Å²) in [5.74, 6) is -0.747. The number of para-hydroxylation sites is 1. The lowest BCUT2D eigenvalue weighted by atomic mass is 9.96. The number of carbonyl (C=O) groups is 3. The first-order valence-corrected chi connectivity index (χ1v) is 15.8. The van der Waals surface area contributed by atoms with Crippen LogP contribution in [0.3, 0.4) is 0 Å². The van der Waals surface area contributed by atoms with Crippen LogP contribution in [0, 0.1) is 20.8 Å². The second-order valence-electron chi connectivity index (χ2n) is 11.9. The first-order chi connectivity index (χ1) is 19.8. The second-order valence-corrected chi connectivity index (χ2v) is 12.6. The molecule has 0 aliphatic rings. The molecule has 0 aliphatic carbocycles. The topological polar surface area (TPSA) is 87.7 Å². The third-order valence-corrected chi connectivity index (χ3v) is 7.64. The Labute approximate surface area is 262 Å². The monoisotopic (exact) mass is 617 g/mol. The molecule has 0 saturated carbocycles. The van der Waals surface area contributed by atoms with Crippen LogP contribution in [0.5, 0.6) is 0 Å². The zero-order chi connectivity index (χ0) is 31.4. The highest BCUT2D eigenvalue weighted by atomic mass is 35.5. The minimum absolute atomic E-state index is 0.0376. The lowest BCUT2D eigenvalue weighted by Gasteiger charge is -2.35. The van der Waals surface area contributed by atoms with E-state index in [1.165, 1.54) is 0 Å². The Kier molecular flexibility index (Phi) is 14.2. The summed E-state index contributed by atoms with van der Waals surface area (Å²) in [4.78, 5) is 42.7. The summed E-state index contributed by atoms with van der Waals surface area (Å²) in [5, 5.41) is 6.10. The average Bonchev–Trinajstić information content (AvgIpc) is 2.90. The fourth-order valence-electron chi connectivity index (χ4n) is 4.83. The van der Waals surface area contributed by atoms with Crippen molar-refractivity contribution in [2.75, 3.05) is 17.6 Å². The highest BCUT2D eigenvalue weighted by molar-refractivity contribution is 7.80. The van der Waals surface area contributed by atoms with Gasteiger partial charge in [0.05, 0.1) is 10.7 Å². The van der Waals surface area contributed by atoms with Gasteiger partial charge in [0.1, 0.15) is 17.7 Å². The second kappa shape index (κ2) is 16.8. The number of carbonyl (C=O) groups excluding carboxylic acids is 3. The minimum Gasteiger partial charge on any atom is -0.444 e. The number of amides is 3. The number of unbranched alkanes of at least 4 members (excludes halogenated alkanes) is 5. The molecule has 2 unspecified atom stereocenters.